The van der Waals surface area contributed by atoms with Crippen LogP contribution >= 0.6 is 22.7 Å². The van der Waals surface area contributed by atoms with Crippen molar-refractivity contribution in [3.8, 4) is 0 Å². The molecular weight excluding hydrogens is 372 g/mol. The van der Waals surface area contributed by atoms with Gasteiger partial charge in [0.05, 0.1) is 5.56 Å². The van der Waals surface area contributed by atoms with E-state index in [0.717, 1.165) is 35.6 Å². The molecule has 0 fully saturated rings. The average Bonchev–Trinajstić information content (AvgIpc) is 3.29. The topological polar surface area (TPSA) is 42.0 Å². The zero-order valence-electron chi connectivity index (χ0n) is 15.7. The van der Waals surface area contributed by atoms with Gasteiger partial charge in [-0.1, -0.05) is 43.2 Å². The summed E-state index contributed by atoms with van der Waals surface area (Å²) in [5.41, 5.74) is 4.64. The van der Waals surface area contributed by atoms with Gasteiger partial charge in [-0.2, -0.15) is 0 Å². The fourth-order valence-corrected chi connectivity index (χ4v) is 5.68. The minimum absolute atomic E-state index is 0.0151. The number of aromatic nitrogens is 1. The average molecular weight is 397 g/mol. The van der Waals surface area contributed by atoms with Gasteiger partial charge < -0.3 is 0 Å². The second kappa shape index (κ2) is 7.95. The quantitative estimate of drug-likeness (QED) is 0.586. The number of benzene rings is 1. The van der Waals surface area contributed by atoms with E-state index in [-0.39, 0.29) is 5.91 Å². The maximum atomic E-state index is 12.8. The molecule has 1 unspecified atom stereocenters. The van der Waals surface area contributed by atoms with Crippen molar-refractivity contribution in [1.82, 2.24) is 4.98 Å². The van der Waals surface area contributed by atoms with Gasteiger partial charge in [0.25, 0.3) is 5.91 Å². The number of fused-ring (bicyclic) bond motifs is 1. The molecule has 0 radical (unpaired) electrons. The van der Waals surface area contributed by atoms with Gasteiger partial charge in [-0.3, -0.25) is 10.1 Å². The van der Waals surface area contributed by atoms with Gasteiger partial charge in [-0.05, 0) is 43.2 Å². The maximum Gasteiger partial charge on any atom is 0.258 e. The number of thiazole rings is 1. The molecule has 1 aliphatic rings. The van der Waals surface area contributed by atoms with E-state index in [0.29, 0.717) is 5.13 Å². The smallest absolute Gasteiger partial charge is 0.258 e. The van der Waals surface area contributed by atoms with Crippen LogP contribution in [0.1, 0.15) is 56.6 Å². The minimum Gasteiger partial charge on any atom is -0.298 e. The summed E-state index contributed by atoms with van der Waals surface area (Å²) in [5.74, 6) is 0.758. The van der Waals surface area contributed by atoms with Crippen LogP contribution in [0.5, 0.6) is 0 Å². The Balaban J connectivity index is 1.43. The van der Waals surface area contributed by atoms with E-state index in [4.69, 9.17) is 0 Å². The molecule has 27 heavy (non-hydrogen) atoms. The lowest BCUT2D eigenvalue weighted by atomic mass is 9.86. The van der Waals surface area contributed by atoms with Crippen LogP contribution in [0.4, 0.5) is 5.13 Å². The Morgan fingerprint density at radius 2 is 2.11 bits per heavy atom. The maximum absolute atomic E-state index is 12.8. The molecule has 0 spiro atoms. The number of anilines is 1. The first-order valence-electron chi connectivity index (χ1n) is 9.53. The van der Waals surface area contributed by atoms with Crippen molar-refractivity contribution < 1.29 is 4.79 Å². The van der Waals surface area contributed by atoms with Crippen molar-refractivity contribution in [2.24, 2.45) is 5.92 Å². The minimum atomic E-state index is -0.0151. The van der Waals surface area contributed by atoms with Crippen LogP contribution in [0, 0.1) is 12.8 Å². The Labute approximate surface area is 168 Å². The molecular formula is C22H24N2OS2. The second-order valence-corrected chi connectivity index (χ2v) is 9.40. The van der Waals surface area contributed by atoms with Crippen LogP contribution < -0.4 is 5.32 Å². The summed E-state index contributed by atoms with van der Waals surface area (Å²) < 4.78 is 0. The summed E-state index contributed by atoms with van der Waals surface area (Å²) >= 11 is 3.30. The fourth-order valence-electron chi connectivity index (χ4n) is 3.64. The standard InChI is InChI=1S/C22H24N2OS2/c1-3-15-8-9-18-19(13-26-20(18)11-15)21(25)24-22-23-12-17(27-22)10-16-6-4-14(2)5-7-16/h4-7,12-13,15H,3,8-11H2,1-2H3,(H,23,24,25). The number of aryl methyl sites for hydroxylation is 1. The Bertz CT molecular complexity index is 940. The number of nitrogens with one attached hydrogen (secondary N) is 1. The summed E-state index contributed by atoms with van der Waals surface area (Å²) in [6.45, 7) is 4.35. The zero-order valence-corrected chi connectivity index (χ0v) is 17.4. The van der Waals surface area contributed by atoms with Crippen LogP contribution in [0.2, 0.25) is 0 Å². The van der Waals surface area contributed by atoms with Crippen LogP contribution in [-0.2, 0) is 19.3 Å². The summed E-state index contributed by atoms with van der Waals surface area (Å²) in [7, 11) is 0. The molecule has 0 aliphatic heterocycles. The van der Waals surface area contributed by atoms with E-state index in [1.54, 1.807) is 22.7 Å². The van der Waals surface area contributed by atoms with Gasteiger partial charge in [0.1, 0.15) is 0 Å². The van der Waals surface area contributed by atoms with Gasteiger partial charge in [0.2, 0.25) is 0 Å². The molecule has 1 atom stereocenters. The first kappa shape index (κ1) is 18.4. The van der Waals surface area contributed by atoms with Gasteiger partial charge in [0, 0.05) is 27.8 Å². The summed E-state index contributed by atoms with van der Waals surface area (Å²) in [5, 5.41) is 5.72. The number of hydrogen-bond acceptors (Lipinski definition) is 4. The van der Waals surface area contributed by atoms with Crippen molar-refractivity contribution in [2.45, 2.75) is 46.0 Å². The Morgan fingerprint density at radius 1 is 1.30 bits per heavy atom. The Hall–Kier alpha value is -1.98. The molecule has 1 N–H and O–H groups in total. The lowest BCUT2D eigenvalue weighted by Gasteiger charge is -2.21. The molecule has 2 heterocycles. The highest BCUT2D eigenvalue weighted by atomic mass is 32.1. The van der Waals surface area contributed by atoms with Crippen LogP contribution in [0.3, 0.4) is 0 Å². The van der Waals surface area contributed by atoms with E-state index in [1.807, 2.05) is 11.6 Å². The number of carbonyl (C=O) groups excluding carboxylic acids is 1. The normalized spacial score (nSPS) is 16.1. The van der Waals surface area contributed by atoms with Crippen LogP contribution in [0.25, 0.3) is 0 Å². The lowest BCUT2D eigenvalue weighted by Crippen LogP contribution is -2.17. The first-order chi connectivity index (χ1) is 13.1. The van der Waals surface area contributed by atoms with Crippen molar-refractivity contribution in [1.29, 1.82) is 0 Å². The number of amides is 1. The molecule has 140 valence electrons. The third kappa shape index (κ3) is 4.14. The predicted octanol–water partition coefficient (Wildman–Crippen LogP) is 5.87. The van der Waals surface area contributed by atoms with Crippen LogP contribution in [-0.4, -0.2) is 10.9 Å². The zero-order chi connectivity index (χ0) is 18.8. The molecule has 0 bridgehead atoms. The van der Waals surface area contributed by atoms with E-state index in [9.17, 15) is 4.79 Å². The lowest BCUT2D eigenvalue weighted by molar-refractivity contribution is 0.102. The van der Waals surface area contributed by atoms with Gasteiger partial charge in [-0.15, -0.1) is 22.7 Å². The van der Waals surface area contributed by atoms with E-state index in [2.05, 4.69) is 48.4 Å². The summed E-state index contributed by atoms with van der Waals surface area (Å²) in [4.78, 5) is 19.7. The number of carbonyl (C=O) groups is 1. The highest BCUT2D eigenvalue weighted by Crippen LogP contribution is 2.34. The van der Waals surface area contributed by atoms with Crippen LogP contribution in [0.15, 0.2) is 35.8 Å². The van der Waals surface area contributed by atoms with Gasteiger partial charge >= 0.3 is 0 Å². The van der Waals surface area contributed by atoms with Gasteiger partial charge in [-0.25, -0.2) is 4.98 Å². The van der Waals surface area contributed by atoms with E-state index < -0.39 is 0 Å². The number of rotatable bonds is 5. The Kier molecular flexibility index (Phi) is 5.41. The largest absolute Gasteiger partial charge is 0.298 e. The van der Waals surface area contributed by atoms with Crippen molar-refractivity contribution in [3.05, 3.63) is 67.9 Å². The first-order valence-corrected chi connectivity index (χ1v) is 11.2. The third-order valence-corrected chi connectivity index (χ3v) is 7.32. The summed E-state index contributed by atoms with van der Waals surface area (Å²) in [6, 6.07) is 8.55. The molecule has 5 heteroatoms. The molecule has 3 nitrogen and oxygen atoms in total. The van der Waals surface area contributed by atoms with Crippen molar-refractivity contribution in [3.63, 3.8) is 0 Å². The molecule has 1 aromatic carbocycles. The molecule has 1 amide bonds. The van der Waals surface area contributed by atoms with E-state index >= 15 is 0 Å². The molecule has 1 aliphatic carbocycles. The highest BCUT2D eigenvalue weighted by Gasteiger charge is 2.24. The highest BCUT2D eigenvalue weighted by molar-refractivity contribution is 7.15. The predicted molar refractivity (Wildman–Crippen MR) is 114 cm³/mol. The SMILES string of the molecule is CCC1CCc2c(C(=O)Nc3ncc(Cc4ccc(C)cc4)s3)csc2C1. The molecule has 2 aromatic heterocycles. The number of nitrogens with zero attached hydrogens (tertiary/aromatic N) is 1. The molecule has 0 saturated carbocycles. The molecule has 3 aromatic rings. The van der Waals surface area contributed by atoms with Crippen molar-refractivity contribution >= 4 is 33.7 Å². The van der Waals surface area contributed by atoms with Gasteiger partial charge in [0.15, 0.2) is 5.13 Å². The summed E-state index contributed by atoms with van der Waals surface area (Å²) in [6.07, 6.45) is 7.29. The number of hydrogen-bond donors (Lipinski definition) is 1. The van der Waals surface area contributed by atoms with E-state index in [1.165, 1.54) is 34.4 Å². The number of thiophene rings is 1. The second-order valence-electron chi connectivity index (χ2n) is 7.32. The fraction of sp³-hybridized carbons (Fsp3) is 0.364. The Morgan fingerprint density at radius 3 is 2.89 bits per heavy atom. The molecule has 0 saturated heterocycles. The third-order valence-electron chi connectivity index (χ3n) is 5.35. The molecule has 4 rings (SSSR count). The van der Waals surface area contributed by atoms with Crippen molar-refractivity contribution in [2.75, 3.05) is 5.32 Å². The monoisotopic (exact) mass is 396 g/mol.